The van der Waals surface area contributed by atoms with Crippen molar-refractivity contribution in [1.82, 2.24) is 10.3 Å². The monoisotopic (exact) mass is 210 g/mol. The topological polar surface area (TPSA) is 24.9 Å². The van der Waals surface area contributed by atoms with Gasteiger partial charge in [-0.1, -0.05) is 13.0 Å². The van der Waals surface area contributed by atoms with E-state index in [1.54, 1.807) is 11.3 Å². The average Bonchev–Trinajstić information content (AvgIpc) is 2.67. The average molecular weight is 210 g/mol. The second-order valence-electron chi connectivity index (χ2n) is 3.31. The molecule has 1 atom stereocenters. The molecule has 0 fully saturated rings. The molecular formula is C11H18N2S. The molecule has 1 aromatic rings. The van der Waals surface area contributed by atoms with Crippen LogP contribution in [-0.2, 0) is 6.42 Å². The van der Waals surface area contributed by atoms with Crippen LogP contribution in [0, 0.1) is 0 Å². The van der Waals surface area contributed by atoms with E-state index < -0.39 is 0 Å². The molecule has 1 N–H and O–H groups in total. The molecule has 0 spiro atoms. The molecule has 0 bridgehead atoms. The molecule has 0 aliphatic heterocycles. The molecule has 1 rings (SSSR count). The smallest absolute Gasteiger partial charge is 0.0940 e. The van der Waals surface area contributed by atoms with Crippen molar-refractivity contribution < 1.29 is 0 Å². The summed E-state index contributed by atoms with van der Waals surface area (Å²) in [6.45, 7) is 7.04. The van der Waals surface area contributed by atoms with Crippen molar-refractivity contribution >= 4 is 11.3 Å². The normalized spacial score (nSPS) is 12.6. The van der Waals surface area contributed by atoms with Crippen molar-refractivity contribution in [3.05, 3.63) is 29.2 Å². The van der Waals surface area contributed by atoms with Crippen LogP contribution in [0.25, 0.3) is 0 Å². The van der Waals surface area contributed by atoms with E-state index in [4.69, 9.17) is 0 Å². The molecule has 1 heterocycles. The fraction of sp³-hybridized carbons (Fsp3) is 0.545. The fourth-order valence-corrected chi connectivity index (χ4v) is 2.05. The molecule has 0 aromatic carbocycles. The summed E-state index contributed by atoms with van der Waals surface area (Å²) in [5.74, 6) is 0. The molecule has 0 aliphatic carbocycles. The van der Waals surface area contributed by atoms with Crippen LogP contribution in [0.5, 0.6) is 0 Å². The summed E-state index contributed by atoms with van der Waals surface area (Å²) in [6, 6.07) is 0.499. The van der Waals surface area contributed by atoms with Crippen molar-refractivity contribution in [1.29, 1.82) is 0 Å². The van der Waals surface area contributed by atoms with E-state index in [0.29, 0.717) is 6.04 Å². The first kappa shape index (κ1) is 11.4. The second kappa shape index (κ2) is 6.74. The van der Waals surface area contributed by atoms with E-state index in [-0.39, 0.29) is 0 Å². The minimum atomic E-state index is 0.499. The molecule has 0 radical (unpaired) electrons. The van der Waals surface area contributed by atoms with E-state index in [1.807, 2.05) is 17.7 Å². The lowest BCUT2D eigenvalue weighted by Crippen LogP contribution is -2.31. The first-order chi connectivity index (χ1) is 6.86. The molecule has 78 valence electrons. The molecule has 1 unspecified atom stereocenters. The minimum absolute atomic E-state index is 0.499. The highest BCUT2D eigenvalue weighted by atomic mass is 32.1. The number of hydrogen-bond acceptors (Lipinski definition) is 3. The third-order valence-corrected chi connectivity index (χ3v) is 2.84. The Bertz CT molecular complexity index is 244. The number of thiazole rings is 1. The predicted molar refractivity (Wildman–Crippen MR) is 62.7 cm³/mol. The minimum Gasteiger partial charge on any atom is -0.313 e. The van der Waals surface area contributed by atoms with Crippen molar-refractivity contribution in [2.45, 2.75) is 32.2 Å². The zero-order valence-electron chi connectivity index (χ0n) is 8.70. The molecule has 0 saturated carbocycles. The van der Waals surface area contributed by atoms with Gasteiger partial charge in [-0.2, -0.15) is 0 Å². The third-order valence-electron chi connectivity index (χ3n) is 2.04. The first-order valence-electron chi connectivity index (χ1n) is 5.09. The van der Waals surface area contributed by atoms with Crippen LogP contribution in [0.1, 0.15) is 24.8 Å². The zero-order valence-corrected chi connectivity index (χ0v) is 9.52. The van der Waals surface area contributed by atoms with Crippen LogP contribution in [0.15, 0.2) is 24.2 Å². The van der Waals surface area contributed by atoms with Crippen molar-refractivity contribution in [2.75, 3.05) is 6.54 Å². The molecule has 0 saturated heterocycles. The van der Waals surface area contributed by atoms with E-state index in [0.717, 1.165) is 19.4 Å². The molecule has 14 heavy (non-hydrogen) atoms. The highest BCUT2D eigenvalue weighted by Gasteiger charge is 2.07. The van der Waals surface area contributed by atoms with Crippen LogP contribution in [0.4, 0.5) is 0 Å². The summed E-state index contributed by atoms with van der Waals surface area (Å²) < 4.78 is 0. The fourth-order valence-electron chi connectivity index (χ4n) is 1.35. The number of nitrogens with zero attached hydrogens (tertiary/aromatic N) is 1. The standard InChI is InChI=1S/C11H18N2S/c1-3-5-10(12-6-4-2)9-11-13-7-8-14-11/h3,7-8,10,12H,1,4-6,9H2,2H3. The van der Waals surface area contributed by atoms with Crippen LogP contribution >= 0.6 is 11.3 Å². The SMILES string of the molecule is C=CCC(Cc1nccs1)NCCC. The lowest BCUT2D eigenvalue weighted by atomic mass is 10.1. The predicted octanol–water partition coefficient (Wildman–Crippen LogP) is 2.63. The number of nitrogens with one attached hydrogen (secondary N) is 1. The molecular weight excluding hydrogens is 192 g/mol. The lowest BCUT2D eigenvalue weighted by Gasteiger charge is -2.14. The summed E-state index contributed by atoms with van der Waals surface area (Å²) in [5, 5.41) is 6.74. The lowest BCUT2D eigenvalue weighted by molar-refractivity contribution is 0.511. The Hall–Kier alpha value is -0.670. The summed E-state index contributed by atoms with van der Waals surface area (Å²) >= 11 is 1.73. The maximum Gasteiger partial charge on any atom is 0.0940 e. The second-order valence-corrected chi connectivity index (χ2v) is 4.28. The molecule has 3 heteroatoms. The maximum absolute atomic E-state index is 4.29. The van der Waals surface area contributed by atoms with Crippen molar-refractivity contribution in [2.24, 2.45) is 0 Å². The largest absolute Gasteiger partial charge is 0.313 e. The summed E-state index contributed by atoms with van der Waals surface area (Å²) in [7, 11) is 0. The van der Waals surface area contributed by atoms with Gasteiger partial charge in [-0.05, 0) is 19.4 Å². The number of hydrogen-bond donors (Lipinski definition) is 1. The summed E-state index contributed by atoms with van der Waals surface area (Å²) in [5.41, 5.74) is 0. The van der Waals surface area contributed by atoms with Crippen LogP contribution in [-0.4, -0.2) is 17.6 Å². The first-order valence-corrected chi connectivity index (χ1v) is 5.97. The Labute approximate surface area is 90.1 Å². The van der Waals surface area contributed by atoms with Gasteiger partial charge in [0.15, 0.2) is 0 Å². The Kier molecular flexibility index (Phi) is 5.49. The van der Waals surface area contributed by atoms with Crippen LogP contribution < -0.4 is 5.32 Å². The van der Waals surface area contributed by atoms with Gasteiger partial charge in [0.25, 0.3) is 0 Å². The Balaban J connectivity index is 2.38. The van der Waals surface area contributed by atoms with Crippen molar-refractivity contribution in [3.8, 4) is 0 Å². The summed E-state index contributed by atoms with van der Waals surface area (Å²) in [6.07, 6.45) is 7.04. The van der Waals surface area contributed by atoms with Crippen LogP contribution in [0.2, 0.25) is 0 Å². The van der Waals surface area contributed by atoms with Crippen LogP contribution in [0.3, 0.4) is 0 Å². The van der Waals surface area contributed by atoms with Gasteiger partial charge in [-0.3, -0.25) is 0 Å². The maximum atomic E-state index is 4.29. The highest BCUT2D eigenvalue weighted by molar-refractivity contribution is 7.09. The van der Waals surface area contributed by atoms with Gasteiger partial charge < -0.3 is 5.32 Å². The zero-order chi connectivity index (χ0) is 10.2. The molecule has 1 aromatic heterocycles. The van der Waals surface area contributed by atoms with E-state index in [2.05, 4.69) is 23.8 Å². The quantitative estimate of drug-likeness (QED) is 0.700. The molecule has 0 aliphatic rings. The van der Waals surface area contributed by atoms with Gasteiger partial charge in [-0.25, -0.2) is 4.98 Å². The molecule has 2 nitrogen and oxygen atoms in total. The number of rotatable bonds is 7. The van der Waals surface area contributed by atoms with E-state index in [1.165, 1.54) is 11.4 Å². The Morgan fingerprint density at radius 1 is 1.71 bits per heavy atom. The summed E-state index contributed by atoms with van der Waals surface area (Å²) in [4.78, 5) is 4.29. The number of aromatic nitrogens is 1. The third kappa shape index (κ3) is 4.03. The van der Waals surface area contributed by atoms with Gasteiger partial charge in [0.05, 0.1) is 5.01 Å². The van der Waals surface area contributed by atoms with E-state index >= 15 is 0 Å². The van der Waals surface area contributed by atoms with Crippen molar-refractivity contribution in [3.63, 3.8) is 0 Å². The Morgan fingerprint density at radius 3 is 3.14 bits per heavy atom. The van der Waals surface area contributed by atoms with Gasteiger partial charge >= 0.3 is 0 Å². The van der Waals surface area contributed by atoms with Gasteiger partial charge in [-0.15, -0.1) is 17.9 Å². The Morgan fingerprint density at radius 2 is 2.57 bits per heavy atom. The molecule has 0 amide bonds. The van der Waals surface area contributed by atoms with E-state index in [9.17, 15) is 0 Å². The van der Waals surface area contributed by atoms with Gasteiger partial charge in [0, 0.05) is 24.0 Å². The van der Waals surface area contributed by atoms with Gasteiger partial charge in [0.2, 0.25) is 0 Å². The highest BCUT2D eigenvalue weighted by Crippen LogP contribution is 2.09. The van der Waals surface area contributed by atoms with Gasteiger partial charge in [0.1, 0.15) is 0 Å².